The molecular weight excluding hydrogens is 498 g/mol. The fourth-order valence-electron chi connectivity index (χ4n) is 4.22. The highest BCUT2D eigenvalue weighted by Crippen LogP contribution is 2.39. The van der Waals surface area contributed by atoms with Gasteiger partial charge in [0.15, 0.2) is 0 Å². The molecule has 1 aromatic heterocycles. The number of thioether (sulfide) groups is 1. The average molecular weight is 526 g/mol. The Morgan fingerprint density at radius 2 is 1.76 bits per heavy atom. The second-order valence-corrected chi connectivity index (χ2v) is 10.4. The Labute approximate surface area is 226 Å². The summed E-state index contributed by atoms with van der Waals surface area (Å²) in [5.41, 5.74) is 4.51. The maximum absolute atomic E-state index is 13.5. The van der Waals surface area contributed by atoms with Crippen LogP contribution in [-0.4, -0.2) is 31.5 Å². The number of benzene rings is 3. The van der Waals surface area contributed by atoms with Gasteiger partial charge in [-0.25, -0.2) is 4.68 Å². The third kappa shape index (κ3) is 5.38. The van der Waals surface area contributed by atoms with Crippen LogP contribution < -0.4 is 4.74 Å². The maximum atomic E-state index is 13.5. The predicted molar refractivity (Wildman–Crippen MR) is 155 cm³/mol. The van der Waals surface area contributed by atoms with Crippen molar-refractivity contribution < 1.29 is 9.53 Å². The topological polar surface area (TPSA) is 47.4 Å². The second-order valence-electron chi connectivity index (χ2n) is 8.73. The summed E-state index contributed by atoms with van der Waals surface area (Å²) in [6.07, 6.45) is 4.79. The van der Waals surface area contributed by atoms with Crippen molar-refractivity contribution in [1.82, 2.24) is 14.7 Å². The summed E-state index contributed by atoms with van der Waals surface area (Å²) in [6.45, 7) is 4.73. The largest absolute Gasteiger partial charge is 0.494 e. The first-order chi connectivity index (χ1) is 18.0. The third-order valence-electron chi connectivity index (χ3n) is 6.12. The monoisotopic (exact) mass is 525 g/mol. The molecular formula is C30H27N3O2S2. The van der Waals surface area contributed by atoms with Crippen molar-refractivity contribution in [3.8, 4) is 22.7 Å². The van der Waals surface area contributed by atoms with Gasteiger partial charge in [0.25, 0.3) is 5.91 Å². The number of ether oxygens (including phenoxy) is 1. The Hall–Kier alpha value is -3.68. The standard InChI is InChI=1S/C30H27N3O2S2/c1-3-17-35-26-16-10-13-23(18-26)28-24(20-32(31-28)25-14-8-5-9-15-25)19-27-29(34)33(30(36)37-27)21(2)22-11-6-4-7-12-22/h4-16,18-21H,3,17H2,1-2H3/b27-19-/t21-/m1/s1. The number of nitrogens with zero attached hydrogens (tertiary/aromatic N) is 3. The van der Waals surface area contributed by atoms with Crippen LogP contribution in [0.5, 0.6) is 5.75 Å². The van der Waals surface area contributed by atoms with Crippen LogP contribution in [0.2, 0.25) is 0 Å². The molecule has 3 aromatic carbocycles. The molecule has 5 nitrogen and oxygen atoms in total. The van der Waals surface area contributed by atoms with Gasteiger partial charge in [-0.05, 0) is 49.2 Å². The van der Waals surface area contributed by atoms with Crippen LogP contribution in [-0.2, 0) is 4.79 Å². The number of aromatic nitrogens is 2. The van der Waals surface area contributed by atoms with Crippen LogP contribution in [0.25, 0.3) is 23.0 Å². The summed E-state index contributed by atoms with van der Waals surface area (Å²) >= 11 is 6.97. The van der Waals surface area contributed by atoms with Crippen molar-refractivity contribution in [2.24, 2.45) is 0 Å². The SMILES string of the molecule is CCCOc1cccc(-c2nn(-c3ccccc3)cc2/C=C2\SC(=S)N([C@H](C)c3ccccc3)C2=O)c1. The molecule has 1 atom stereocenters. The fourth-order valence-corrected chi connectivity index (χ4v) is 5.63. The van der Waals surface area contributed by atoms with Gasteiger partial charge in [-0.1, -0.05) is 91.6 Å². The number of amides is 1. The van der Waals surface area contributed by atoms with E-state index in [1.807, 2.05) is 109 Å². The van der Waals surface area contributed by atoms with Gasteiger partial charge in [-0.2, -0.15) is 5.10 Å². The lowest BCUT2D eigenvalue weighted by molar-refractivity contribution is -0.123. The molecule has 0 N–H and O–H groups in total. The van der Waals surface area contributed by atoms with Gasteiger partial charge in [0, 0.05) is 17.3 Å². The van der Waals surface area contributed by atoms with Gasteiger partial charge in [0.1, 0.15) is 15.8 Å². The zero-order valence-electron chi connectivity index (χ0n) is 20.7. The minimum Gasteiger partial charge on any atom is -0.494 e. The number of thiocarbonyl (C=S) groups is 1. The molecule has 0 unspecified atom stereocenters. The predicted octanol–water partition coefficient (Wildman–Crippen LogP) is 7.29. The first-order valence-corrected chi connectivity index (χ1v) is 13.5. The van der Waals surface area contributed by atoms with E-state index in [0.717, 1.165) is 40.2 Å². The van der Waals surface area contributed by atoms with Crippen molar-refractivity contribution in [3.05, 3.63) is 107 Å². The molecule has 1 aliphatic rings. The Morgan fingerprint density at radius 1 is 1.03 bits per heavy atom. The molecule has 1 aliphatic heterocycles. The van der Waals surface area contributed by atoms with Crippen LogP contribution >= 0.6 is 24.0 Å². The minimum atomic E-state index is -0.154. The van der Waals surface area contributed by atoms with E-state index in [1.165, 1.54) is 11.8 Å². The van der Waals surface area contributed by atoms with Gasteiger partial charge < -0.3 is 4.74 Å². The molecule has 1 saturated heterocycles. The molecule has 7 heteroatoms. The molecule has 5 rings (SSSR count). The molecule has 1 fully saturated rings. The summed E-state index contributed by atoms with van der Waals surface area (Å²) in [4.78, 5) is 15.8. The van der Waals surface area contributed by atoms with E-state index < -0.39 is 0 Å². The van der Waals surface area contributed by atoms with E-state index >= 15 is 0 Å². The lowest BCUT2D eigenvalue weighted by atomic mass is 10.1. The van der Waals surface area contributed by atoms with Crippen molar-refractivity contribution in [3.63, 3.8) is 0 Å². The van der Waals surface area contributed by atoms with E-state index in [0.29, 0.717) is 15.8 Å². The summed E-state index contributed by atoms with van der Waals surface area (Å²) in [6, 6.07) is 27.6. The van der Waals surface area contributed by atoms with Gasteiger partial charge in [0.05, 0.1) is 23.2 Å². The summed E-state index contributed by atoms with van der Waals surface area (Å²) < 4.78 is 8.26. The third-order valence-corrected chi connectivity index (χ3v) is 7.45. The van der Waals surface area contributed by atoms with E-state index in [9.17, 15) is 4.79 Å². The number of rotatable bonds is 8. The quantitative estimate of drug-likeness (QED) is 0.179. The highest BCUT2D eigenvalue weighted by molar-refractivity contribution is 8.26. The first kappa shape index (κ1) is 25.0. The van der Waals surface area contributed by atoms with Gasteiger partial charge >= 0.3 is 0 Å². The summed E-state index contributed by atoms with van der Waals surface area (Å²) in [5.74, 6) is 0.701. The Balaban J connectivity index is 1.54. The number of para-hydroxylation sites is 1. The molecule has 186 valence electrons. The summed E-state index contributed by atoms with van der Waals surface area (Å²) in [5, 5.41) is 4.91. The lowest BCUT2D eigenvalue weighted by Crippen LogP contribution is -2.30. The number of hydrogen-bond acceptors (Lipinski definition) is 5. The average Bonchev–Trinajstić information content (AvgIpc) is 3.48. The number of carbonyl (C=O) groups excluding carboxylic acids is 1. The van der Waals surface area contributed by atoms with Crippen molar-refractivity contribution in [2.75, 3.05) is 6.61 Å². The van der Waals surface area contributed by atoms with E-state index in [1.54, 1.807) is 4.90 Å². The van der Waals surface area contributed by atoms with E-state index in [-0.39, 0.29) is 11.9 Å². The maximum Gasteiger partial charge on any atom is 0.266 e. The van der Waals surface area contributed by atoms with Crippen LogP contribution in [0.15, 0.2) is 96.0 Å². The lowest BCUT2D eigenvalue weighted by Gasteiger charge is -2.23. The Morgan fingerprint density at radius 3 is 2.49 bits per heavy atom. The van der Waals surface area contributed by atoms with E-state index in [4.69, 9.17) is 22.1 Å². The number of hydrogen-bond donors (Lipinski definition) is 0. The van der Waals surface area contributed by atoms with Crippen molar-refractivity contribution >= 4 is 40.3 Å². The van der Waals surface area contributed by atoms with Crippen molar-refractivity contribution in [1.29, 1.82) is 0 Å². The molecule has 0 saturated carbocycles. The van der Waals surface area contributed by atoms with Crippen LogP contribution in [0.1, 0.15) is 37.4 Å². The molecule has 1 amide bonds. The highest BCUT2D eigenvalue weighted by atomic mass is 32.2. The smallest absolute Gasteiger partial charge is 0.266 e. The fraction of sp³-hybridized carbons (Fsp3) is 0.167. The molecule has 0 aliphatic carbocycles. The molecule has 0 bridgehead atoms. The zero-order chi connectivity index (χ0) is 25.8. The minimum absolute atomic E-state index is 0.0928. The van der Waals surface area contributed by atoms with Gasteiger partial charge in [-0.15, -0.1) is 0 Å². The van der Waals surface area contributed by atoms with Gasteiger partial charge in [-0.3, -0.25) is 9.69 Å². The van der Waals surface area contributed by atoms with E-state index in [2.05, 4.69) is 6.92 Å². The summed E-state index contributed by atoms with van der Waals surface area (Å²) in [7, 11) is 0. The molecule has 2 heterocycles. The molecule has 37 heavy (non-hydrogen) atoms. The van der Waals surface area contributed by atoms with Crippen LogP contribution in [0, 0.1) is 0 Å². The van der Waals surface area contributed by atoms with Crippen molar-refractivity contribution in [2.45, 2.75) is 26.3 Å². The number of carbonyl (C=O) groups is 1. The van der Waals surface area contributed by atoms with Crippen LogP contribution in [0.3, 0.4) is 0 Å². The molecule has 4 aromatic rings. The van der Waals surface area contributed by atoms with Crippen LogP contribution in [0.4, 0.5) is 0 Å². The second kappa shape index (κ2) is 11.2. The molecule has 0 spiro atoms. The van der Waals surface area contributed by atoms with Gasteiger partial charge in [0.2, 0.25) is 0 Å². The first-order valence-electron chi connectivity index (χ1n) is 12.3. The molecule has 0 radical (unpaired) electrons. The Kier molecular flexibility index (Phi) is 7.53. The Bertz CT molecular complexity index is 1450. The highest BCUT2D eigenvalue weighted by Gasteiger charge is 2.36. The normalized spacial score (nSPS) is 15.4. The zero-order valence-corrected chi connectivity index (χ0v) is 22.3.